The molecule has 0 aliphatic carbocycles. The summed E-state index contributed by atoms with van der Waals surface area (Å²) < 4.78 is 11.3. The number of nitrogens with one attached hydrogen (secondary N) is 1. The van der Waals surface area contributed by atoms with Crippen LogP contribution < -0.4 is 5.32 Å². The fraction of sp³-hybridized carbons (Fsp3) is 0.304. The maximum Gasteiger partial charge on any atom is 0.235 e. The zero-order chi connectivity index (χ0) is 21.3. The summed E-state index contributed by atoms with van der Waals surface area (Å²) in [5.41, 5.74) is 2.30. The summed E-state index contributed by atoms with van der Waals surface area (Å²) >= 11 is 12.6. The molecule has 1 aliphatic heterocycles. The molecule has 2 aromatic carbocycles. The third-order valence-corrected chi connectivity index (χ3v) is 6.17. The first kappa shape index (κ1) is 20.9. The predicted octanol–water partition coefficient (Wildman–Crippen LogP) is 5.95. The monoisotopic (exact) mass is 444 g/mol. The lowest BCUT2D eigenvalue weighted by molar-refractivity contribution is -0.125. The molecule has 3 aromatic rings. The number of rotatable bonds is 4. The molecule has 0 unspecified atom stereocenters. The lowest BCUT2D eigenvalue weighted by Gasteiger charge is -2.36. The van der Waals surface area contributed by atoms with Gasteiger partial charge >= 0.3 is 0 Å². The van der Waals surface area contributed by atoms with Crippen LogP contribution in [0.25, 0.3) is 11.5 Å². The first-order valence-electron chi connectivity index (χ1n) is 9.78. The minimum absolute atomic E-state index is 0.119. The predicted molar refractivity (Wildman–Crippen MR) is 118 cm³/mol. The zero-order valence-electron chi connectivity index (χ0n) is 16.8. The summed E-state index contributed by atoms with van der Waals surface area (Å²) in [5, 5.41) is 4.09. The number of ether oxygens (including phenoxy) is 1. The van der Waals surface area contributed by atoms with Crippen LogP contribution in [0.1, 0.15) is 29.9 Å². The largest absolute Gasteiger partial charge is 0.441 e. The van der Waals surface area contributed by atoms with Gasteiger partial charge in [0.05, 0.1) is 11.1 Å². The molecule has 156 valence electrons. The van der Waals surface area contributed by atoms with Crippen molar-refractivity contribution in [1.82, 2.24) is 4.98 Å². The van der Waals surface area contributed by atoms with E-state index in [9.17, 15) is 4.79 Å². The van der Waals surface area contributed by atoms with Crippen molar-refractivity contribution in [2.24, 2.45) is 0 Å². The lowest BCUT2D eigenvalue weighted by Crippen LogP contribution is -2.45. The summed E-state index contributed by atoms with van der Waals surface area (Å²) in [6, 6.07) is 12.8. The van der Waals surface area contributed by atoms with Crippen molar-refractivity contribution in [3.8, 4) is 11.5 Å². The van der Waals surface area contributed by atoms with Gasteiger partial charge in [0.25, 0.3) is 0 Å². The van der Waals surface area contributed by atoms with Crippen LogP contribution in [-0.2, 0) is 14.9 Å². The minimum atomic E-state index is -0.786. The molecule has 1 aliphatic rings. The normalized spacial score (nSPS) is 15.7. The van der Waals surface area contributed by atoms with Crippen LogP contribution in [0.3, 0.4) is 0 Å². The molecular weight excluding hydrogens is 423 g/mol. The van der Waals surface area contributed by atoms with E-state index in [0.29, 0.717) is 47.7 Å². The Balaban J connectivity index is 1.66. The summed E-state index contributed by atoms with van der Waals surface area (Å²) in [7, 11) is 0. The number of aryl methyl sites for hydroxylation is 2. The van der Waals surface area contributed by atoms with E-state index in [4.69, 9.17) is 32.4 Å². The number of aromatic nitrogens is 1. The Morgan fingerprint density at radius 2 is 1.87 bits per heavy atom. The van der Waals surface area contributed by atoms with Crippen molar-refractivity contribution in [2.75, 3.05) is 18.5 Å². The maximum atomic E-state index is 13.5. The molecule has 4 rings (SSSR count). The Morgan fingerprint density at radius 1 is 1.10 bits per heavy atom. The average Bonchev–Trinajstić information content (AvgIpc) is 3.07. The highest BCUT2D eigenvalue weighted by Gasteiger charge is 2.43. The smallest absolute Gasteiger partial charge is 0.235 e. The van der Waals surface area contributed by atoms with Crippen molar-refractivity contribution in [3.63, 3.8) is 0 Å². The van der Waals surface area contributed by atoms with Gasteiger partial charge in [-0.1, -0.05) is 35.3 Å². The quantitative estimate of drug-likeness (QED) is 0.539. The van der Waals surface area contributed by atoms with E-state index in [1.54, 1.807) is 12.1 Å². The summed E-state index contributed by atoms with van der Waals surface area (Å²) in [6.45, 7) is 4.75. The highest BCUT2D eigenvalue weighted by molar-refractivity contribution is 6.35. The minimum Gasteiger partial charge on any atom is -0.441 e. The first-order chi connectivity index (χ1) is 14.4. The first-order valence-corrected chi connectivity index (χ1v) is 10.5. The molecule has 0 saturated carbocycles. The van der Waals surface area contributed by atoms with E-state index in [0.717, 1.165) is 22.6 Å². The van der Waals surface area contributed by atoms with Crippen molar-refractivity contribution >= 4 is 34.8 Å². The molecule has 0 radical (unpaired) electrons. The van der Waals surface area contributed by atoms with Crippen LogP contribution in [0.5, 0.6) is 0 Å². The average molecular weight is 445 g/mol. The van der Waals surface area contributed by atoms with Gasteiger partial charge in [-0.05, 0) is 62.6 Å². The molecule has 1 amide bonds. The number of carbonyl (C=O) groups is 1. The van der Waals surface area contributed by atoms with Crippen molar-refractivity contribution in [3.05, 3.63) is 69.5 Å². The van der Waals surface area contributed by atoms with Crippen molar-refractivity contribution in [1.29, 1.82) is 0 Å². The number of amides is 1. The lowest BCUT2D eigenvalue weighted by atomic mass is 9.73. The van der Waals surface area contributed by atoms with Gasteiger partial charge < -0.3 is 14.5 Å². The van der Waals surface area contributed by atoms with E-state index < -0.39 is 5.41 Å². The number of oxazole rings is 1. The van der Waals surface area contributed by atoms with Crippen LogP contribution in [0.15, 0.2) is 46.9 Å². The van der Waals surface area contributed by atoms with E-state index in [2.05, 4.69) is 10.3 Å². The van der Waals surface area contributed by atoms with Crippen molar-refractivity contribution < 1.29 is 13.9 Å². The van der Waals surface area contributed by atoms with E-state index >= 15 is 0 Å². The molecule has 2 heterocycles. The van der Waals surface area contributed by atoms with Gasteiger partial charge in [0, 0.05) is 34.5 Å². The van der Waals surface area contributed by atoms with Crippen LogP contribution in [0.4, 0.5) is 5.69 Å². The number of nitrogens with zero attached hydrogens (tertiary/aromatic N) is 1. The Hall–Kier alpha value is -2.34. The zero-order valence-corrected chi connectivity index (χ0v) is 18.3. The SMILES string of the molecule is Cc1nc(-c2cccc(NC(=O)C3(c4ccc(Cl)cc4Cl)CCOCC3)c2)oc1C. The molecule has 0 atom stereocenters. The summed E-state index contributed by atoms with van der Waals surface area (Å²) in [5.74, 6) is 1.19. The van der Waals surface area contributed by atoms with Gasteiger partial charge in [-0.2, -0.15) is 0 Å². The molecule has 5 nitrogen and oxygen atoms in total. The molecule has 0 bridgehead atoms. The highest BCUT2D eigenvalue weighted by Crippen LogP contribution is 2.40. The van der Waals surface area contributed by atoms with Crippen LogP contribution in [0, 0.1) is 13.8 Å². The van der Waals surface area contributed by atoms with Crippen LogP contribution in [0.2, 0.25) is 10.0 Å². The summed E-state index contributed by atoms with van der Waals surface area (Å²) in [4.78, 5) is 18.0. The highest BCUT2D eigenvalue weighted by atomic mass is 35.5. The van der Waals surface area contributed by atoms with Gasteiger partial charge in [-0.25, -0.2) is 4.98 Å². The molecular formula is C23H22Cl2N2O3. The van der Waals surface area contributed by atoms with Gasteiger partial charge in [-0.3, -0.25) is 4.79 Å². The molecule has 1 N–H and O–H groups in total. The molecule has 0 spiro atoms. The Labute approximate surface area is 185 Å². The number of benzene rings is 2. The number of hydrogen-bond acceptors (Lipinski definition) is 4. The van der Waals surface area contributed by atoms with Gasteiger partial charge in [0.15, 0.2) is 0 Å². The standard InChI is InChI=1S/C23H22Cl2N2O3/c1-14-15(2)30-21(26-14)16-4-3-5-18(12-16)27-22(28)23(8-10-29-11-9-23)19-7-6-17(24)13-20(19)25/h3-7,12-13H,8-11H2,1-2H3,(H,27,28). The van der Waals surface area contributed by atoms with E-state index in [-0.39, 0.29) is 5.91 Å². The Morgan fingerprint density at radius 3 is 2.53 bits per heavy atom. The number of carbonyl (C=O) groups excluding carboxylic acids is 1. The van der Waals surface area contributed by atoms with Gasteiger partial charge in [-0.15, -0.1) is 0 Å². The fourth-order valence-electron chi connectivity index (χ4n) is 3.79. The topological polar surface area (TPSA) is 64.4 Å². The molecule has 7 heteroatoms. The second kappa shape index (κ2) is 8.42. The van der Waals surface area contributed by atoms with E-state index in [1.807, 2.05) is 44.2 Å². The molecule has 1 fully saturated rings. The number of halogens is 2. The van der Waals surface area contributed by atoms with Gasteiger partial charge in [0.1, 0.15) is 5.76 Å². The Kier molecular flexibility index (Phi) is 5.87. The Bertz CT molecular complexity index is 1070. The summed E-state index contributed by atoms with van der Waals surface area (Å²) in [6.07, 6.45) is 1.08. The number of hydrogen-bond donors (Lipinski definition) is 1. The number of anilines is 1. The molecule has 30 heavy (non-hydrogen) atoms. The van der Waals surface area contributed by atoms with Crippen molar-refractivity contribution in [2.45, 2.75) is 32.1 Å². The van der Waals surface area contributed by atoms with E-state index in [1.165, 1.54) is 0 Å². The molecule has 1 saturated heterocycles. The van der Waals surface area contributed by atoms with Gasteiger partial charge in [0.2, 0.25) is 11.8 Å². The van der Waals surface area contributed by atoms with Crippen LogP contribution in [-0.4, -0.2) is 24.1 Å². The fourth-order valence-corrected chi connectivity index (χ4v) is 4.38. The third kappa shape index (κ3) is 3.97. The third-order valence-electron chi connectivity index (χ3n) is 5.62. The van der Waals surface area contributed by atoms with Crippen LogP contribution >= 0.6 is 23.2 Å². The second-order valence-corrected chi connectivity index (χ2v) is 8.36. The second-order valence-electron chi connectivity index (χ2n) is 7.51. The maximum absolute atomic E-state index is 13.5. The molecule has 1 aromatic heterocycles.